The Kier molecular flexibility index (Phi) is 12.1. The van der Waals surface area contributed by atoms with Crippen LogP contribution in [-0.4, -0.2) is 47.6 Å². The van der Waals surface area contributed by atoms with Crippen LogP contribution in [0.4, 0.5) is 0 Å². The maximum absolute atomic E-state index is 12.3. The fourth-order valence-corrected chi connectivity index (χ4v) is 7.07. The third kappa shape index (κ3) is 7.97. The van der Waals surface area contributed by atoms with E-state index in [-0.39, 0.29) is 19.1 Å². The highest BCUT2D eigenvalue weighted by Gasteiger charge is 2.36. The third-order valence-corrected chi connectivity index (χ3v) is 9.93. The summed E-state index contributed by atoms with van der Waals surface area (Å²) in [5.41, 5.74) is 5.69. The number of methoxy groups -OCH3 is 2. The summed E-state index contributed by atoms with van der Waals surface area (Å²) in [4.78, 5) is 24.5. The van der Waals surface area contributed by atoms with Gasteiger partial charge in [0.1, 0.15) is 17.8 Å². The minimum atomic E-state index is -0.0711. The molecule has 2 aliphatic rings. The summed E-state index contributed by atoms with van der Waals surface area (Å²) in [5, 5.41) is 31.8. The van der Waals surface area contributed by atoms with Crippen LogP contribution in [0.3, 0.4) is 0 Å². The SMILES string of the molecule is COc1cc(CC#N)ccc1CO.COc1cc2c3c(c4ccc(Br)cc4c2cc1CO)C[C@@H]1CCC(=O)N1C3.O=Cc1ccc(Br)cc1. The fourth-order valence-electron chi connectivity index (χ4n) is 6.44. The van der Waals surface area contributed by atoms with Crippen molar-refractivity contribution in [1.29, 1.82) is 5.26 Å². The Balaban J connectivity index is 0.000000176. The summed E-state index contributed by atoms with van der Waals surface area (Å²) in [7, 11) is 3.18. The van der Waals surface area contributed by atoms with Gasteiger partial charge in [0, 0.05) is 44.6 Å². The van der Waals surface area contributed by atoms with Gasteiger partial charge in [0.25, 0.3) is 0 Å². The Bertz CT molecular complexity index is 2040. The van der Waals surface area contributed by atoms with Gasteiger partial charge in [0.05, 0.1) is 39.9 Å². The first kappa shape index (κ1) is 36.0. The van der Waals surface area contributed by atoms with Crippen LogP contribution in [0.25, 0.3) is 21.5 Å². The fraction of sp³-hybridized carbons (Fsp3) is 0.256. The lowest BCUT2D eigenvalue weighted by atomic mass is 9.85. The van der Waals surface area contributed by atoms with Gasteiger partial charge in [-0.05, 0) is 93.5 Å². The summed E-state index contributed by atoms with van der Waals surface area (Å²) in [5.74, 6) is 1.58. The molecule has 0 radical (unpaired) electrons. The Morgan fingerprint density at radius 3 is 2.16 bits per heavy atom. The van der Waals surface area contributed by atoms with Gasteiger partial charge in [-0.3, -0.25) is 9.59 Å². The van der Waals surface area contributed by atoms with Gasteiger partial charge in [-0.25, -0.2) is 0 Å². The second-order valence-electron chi connectivity index (χ2n) is 11.7. The van der Waals surface area contributed by atoms with Gasteiger partial charge in [-0.1, -0.05) is 62.2 Å². The molecule has 1 amide bonds. The van der Waals surface area contributed by atoms with Crippen molar-refractivity contribution in [1.82, 2.24) is 4.90 Å². The lowest BCUT2D eigenvalue weighted by molar-refractivity contribution is -0.129. The maximum Gasteiger partial charge on any atom is 0.223 e. The monoisotopic (exact) mass is 786 g/mol. The second kappa shape index (κ2) is 16.4. The summed E-state index contributed by atoms with van der Waals surface area (Å²) < 4.78 is 12.6. The molecule has 2 heterocycles. The number of nitrogens with zero attached hydrogens (tertiary/aromatic N) is 2. The molecule has 5 aromatic rings. The number of carbonyl (C=O) groups excluding carboxylic acids is 2. The third-order valence-electron chi connectivity index (χ3n) is 8.91. The normalized spacial score (nSPS) is 14.5. The lowest BCUT2D eigenvalue weighted by Crippen LogP contribution is -2.38. The van der Waals surface area contributed by atoms with Crippen molar-refractivity contribution < 1.29 is 29.3 Å². The molecule has 2 N–H and O–H groups in total. The molecule has 7 rings (SSSR count). The highest BCUT2D eigenvalue weighted by atomic mass is 79.9. The van der Waals surface area contributed by atoms with Gasteiger partial charge >= 0.3 is 0 Å². The van der Waals surface area contributed by atoms with E-state index in [0.717, 1.165) is 55.5 Å². The second-order valence-corrected chi connectivity index (χ2v) is 13.6. The molecule has 5 aromatic carbocycles. The number of halogens is 2. The summed E-state index contributed by atoms with van der Waals surface area (Å²) in [6.45, 7) is 0.539. The molecule has 1 atom stereocenters. The van der Waals surface area contributed by atoms with Gasteiger partial charge in [0.15, 0.2) is 0 Å². The van der Waals surface area contributed by atoms with E-state index in [9.17, 15) is 14.7 Å². The molecule has 0 spiro atoms. The van der Waals surface area contributed by atoms with Crippen molar-refractivity contribution in [3.8, 4) is 17.6 Å². The van der Waals surface area contributed by atoms with Crippen LogP contribution in [0.15, 0.2) is 81.7 Å². The quantitative estimate of drug-likeness (QED) is 0.133. The van der Waals surface area contributed by atoms with Gasteiger partial charge in [-0.2, -0.15) is 5.26 Å². The van der Waals surface area contributed by atoms with Crippen molar-refractivity contribution in [3.63, 3.8) is 0 Å². The van der Waals surface area contributed by atoms with Crippen LogP contribution >= 0.6 is 31.9 Å². The number of nitriles is 1. The van der Waals surface area contributed by atoms with Gasteiger partial charge in [0.2, 0.25) is 5.91 Å². The molecular formula is C39H36Br2N2O6. The lowest BCUT2D eigenvalue weighted by Gasteiger charge is -2.33. The molecule has 49 heavy (non-hydrogen) atoms. The van der Waals surface area contributed by atoms with Crippen molar-refractivity contribution in [2.24, 2.45) is 0 Å². The zero-order valence-electron chi connectivity index (χ0n) is 27.2. The zero-order valence-corrected chi connectivity index (χ0v) is 30.4. The molecule has 0 unspecified atom stereocenters. The number of aliphatic hydroxyl groups excluding tert-OH is 2. The maximum atomic E-state index is 12.3. The van der Waals surface area contributed by atoms with Gasteiger partial charge in [-0.15, -0.1) is 0 Å². The van der Waals surface area contributed by atoms with Crippen molar-refractivity contribution in [2.45, 2.75) is 51.5 Å². The topological polar surface area (TPSA) is 120 Å². The first-order valence-corrected chi connectivity index (χ1v) is 17.3. The van der Waals surface area contributed by atoms with E-state index < -0.39 is 0 Å². The Hall–Kier alpha value is -4.27. The van der Waals surface area contributed by atoms with E-state index in [4.69, 9.17) is 19.8 Å². The number of hydrogen-bond donors (Lipinski definition) is 2. The van der Waals surface area contributed by atoms with E-state index in [0.29, 0.717) is 42.5 Å². The number of fused-ring (bicyclic) bond motifs is 7. The minimum absolute atomic E-state index is 0.0456. The Morgan fingerprint density at radius 1 is 0.837 bits per heavy atom. The average molecular weight is 789 g/mol. The molecule has 0 aromatic heterocycles. The smallest absolute Gasteiger partial charge is 0.223 e. The molecule has 0 saturated carbocycles. The number of amides is 1. The predicted molar refractivity (Wildman–Crippen MR) is 197 cm³/mol. The molecule has 0 aliphatic carbocycles. The van der Waals surface area contributed by atoms with Crippen LogP contribution in [0.5, 0.6) is 11.5 Å². The summed E-state index contributed by atoms with van der Waals surface area (Å²) in [6, 6.07) is 25.4. The number of carbonyl (C=O) groups is 2. The van der Waals surface area contributed by atoms with Crippen molar-refractivity contribution in [2.75, 3.05) is 14.2 Å². The number of ether oxygens (including phenoxy) is 2. The number of rotatable bonds is 6. The molecule has 10 heteroatoms. The van der Waals surface area contributed by atoms with E-state index in [1.54, 1.807) is 38.5 Å². The van der Waals surface area contributed by atoms with E-state index in [1.165, 1.54) is 21.9 Å². The number of hydrogen-bond acceptors (Lipinski definition) is 7. The molecule has 0 bridgehead atoms. The predicted octanol–water partition coefficient (Wildman–Crippen LogP) is 7.82. The van der Waals surface area contributed by atoms with Crippen LogP contribution in [0, 0.1) is 11.3 Å². The van der Waals surface area contributed by atoms with Crippen LogP contribution in [0.2, 0.25) is 0 Å². The first-order chi connectivity index (χ1) is 23.7. The number of benzene rings is 5. The van der Waals surface area contributed by atoms with Crippen molar-refractivity contribution in [3.05, 3.63) is 115 Å². The van der Waals surface area contributed by atoms with Crippen LogP contribution < -0.4 is 9.47 Å². The Labute approximate surface area is 302 Å². The first-order valence-electron chi connectivity index (χ1n) is 15.7. The number of aliphatic hydroxyl groups is 2. The molecule has 252 valence electrons. The van der Waals surface area contributed by atoms with E-state index in [2.05, 4.69) is 56.1 Å². The highest BCUT2D eigenvalue weighted by Crippen LogP contribution is 2.42. The highest BCUT2D eigenvalue weighted by molar-refractivity contribution is 9.10. The van der Waals surface area contributed by atoms with Crippen LogP contribution in [-0.2, 0) is 37.4 Å². The van der Waals surface area contributed by atoms with Gasteiger partial charge < -0.3 is 24.6 Å². The summed E-state index contributed by atoms with van der Waals surface area (Å²) in [6.07, 6.45) is 3.69. The Morgan fingerprint density at radius 2 is 1.51 bits per heavy atom. The molecular weight excluding hydrogens is 752 g/mol. The molecule has 1 saturated heterocycles. The average Bonchev–Trinajstić information content (AvgIpc) is 3.50. The minimum Gasteiger partial charge on any atom is -0.496 e. The standard InChI is InChI=1S/C22H20BrNO3.C10H11NO2.C7H5BrO/c1-27-21-9-19-16(6-12(21)11-25)17-7-13(23)2-4-15(17)18-8-14-3-5-22(26)24(14)10-20(18)19;1-13-10-6-8(4-5-11)2-3-9(10)7-12;8-7-3-1-6(5-9)2-4-7/h2,4,6-7,9,14,25H,3,5,8,10-11H2,1H3;2-3,6,12H,4,7H2,1H3;1-5H/t14-;;/m0../s1. The zero-order chi connectivity index (χ0) is 35.1. The molecule has 8 nitrogen and oxygen atoms in total. The number of aldehydes is 1. The van der Waals surface area contributed by atoms with E-state index >= 15 is 0 Å². The van der Waals surface area contributed by atoms with E-state index in [1.807, 2.05) is 35.2 Å². The van der Waals surface area contributed by atoms with Crippen molar-refractivity contribution >= 4 is 65.6 Å². The van der Waals surface area contributed by atoms with Crippen LogP contribution in [0.1, 0.15) is 51.0 Å². The largest absolute Gasteiger partial charge is 0.496 e. The summed E-state index contributed by atoms with van der Waals surface area (Å²) >= 11 is 6.86. The molecule has 1 fully saturated rings. The molecule has 2 aliphatic heterocycles.